The predicted octanol–water partition coefficient (Wildman–Crippen LogP) is 4.30. The molecule has 0 aliphatic heterocycles. The fraction of sp³-hybridized carbons (Fsp3) is 0.667. The molecule has 1 aliphatic carbocycles. The first-order valence-corrected chi connectivity index (χ1v) is 8.09. The molecule has 2 heteroatoms. The Morgan fingerprint density at radius 1 is 1.10 bits per heavy atom. The number of rotatable bonds is 4. The average Bonchev–Trinajstić information content (AvgIpc) is 2.62. The second-order valence-electron chi connectivity index (χ2n) is 6.16. The molecule has 2 rings (SSSR count). The summed E-state index contributed by atoms with van der Waals surface area (Å²) in [7, 11) is 0. The molecule has 1 aromatic rings. The van der Waals surface area contributed by atoms with Gasteiger partial charge in [0.15, 0.2) is 0 Å². The molecule has 112 valence electrons. The van der Waals surface area contributed by atoms with Gasteiger partial charge in [0.1, 0.15) is 11.9 Å². The number of hydrogen-bond donors (Lipinski definition) is 1. The first-order chi connectivity index (χ1) is 9.61. The summed E-state index contributed by atoms with van der Waals surface area (Å²) in [5, 5.41) is 3.62. The van der Waals surface area contributed by atoms with Crippen LogP contribution < -0.4 is 10.1 Å². The smallest absolute Gasteiger partial charge is 0.123 e. The van der Waals surface area contributed by atoms with Crippen LogP contribution in [0.4, 0.5) is 0 Å². The van der Waals surface area contributed by atoms with E-state index in [1.807, 2.05) is 0 Å². The fourth-order valence-corrected chi connectivity index (χ4v) is 3.20. The minimum absolute atomic E-state index is 0.317. The van der Waals surface area contributed by atoms with Crippen molar-refractivity contribution >= 4 is 0 Å². The van der Waals surface area contributed by atoms with Gasteiger partial charge in [0, 0.05) is 6.04 Å². The third kappa shape index (κ3) is 3.76. The monoisotopic (exact) mass is 275 g/mol. The van der Waals surface area contributed by atoms with E-state index >= 15 is 0 Å². The zero-order valence-corrected chi connectivity index (χ0v) is 13.5. The highest BCUT2D eigenvalue weighted by molar-refractivity contribution is 5.42. The molecular formula is C18H29NO. The lowest BCUT2D eigenvalue weighted by Crippen LogP contribution is -2.42. The van der Waals surface area contributed by atoms with Crippen LogP contribution in [0.1, 0.15) is 55.7 Å². The van der Waals surface area contributed by atoms with Crippen molar-refractivity contribution in [2.75, 3.05) is 6.54 Å². The van der Waals surface area contributed by atoms with Gasteiger partial charge in [0.25, 0.3) is 0 Å². The molecule has 0 spiro atoms. The molecule has 2 atom stereocenters. The number of likely N-dealkylation sites (N-methyl/N-ethyl adjacent to an activating group) is 1. The van der Waals surface area contributed by atoms with E-state index in [2.05, 4.69) is 45.1 Å². The van der Waals surface area contributed by atoms with Gasteiger partial charge in [-0.3, -0.25) is 0 Å². The molecule has 20 heavy (non-hydrogen) atoms. The van der Waals surface area contributed by atoms with Crippen LogP contribution in [-0.2, 0) is 0 Å². The van der Waals surface area contributed by atoms with Crippen molar-refractivity contribution in [3.8, 4) is 5.75 Å². The Morgan fingerprint density at radius 2 is 1.85 bits per heavy atom. The highest BCUT2D eigenvalue weighted by Gasteiger charge is 2.25. The Labute approximate surface area is 123 Å². The molecule has 0 heterocycles. The normalized spacial score (nSPS) is 23.4. The van der Waals surface area contributed by atoms with Gasteiger partial charge in [0.2, 0.25) is 0 Å². The largest absolute Gasteiger partial charge is 0.489 e. The van der Waals surface area contributed by atoms with E-state index in [4.69, 9.17) is 4.74 Å². The highest BCUT2D eigenvalue weighted by atomic mass is 16.5. The maximum absolute atomic E-state index is 6.43. The molecule has 1 saturated carbocycles. The van der Waals surface area contributed by atoms with E-state index in [0.29, 0.717) is 12.1 Å². The lowest BCUT2D eigenvalue weighted by molar-refractivity contribution is 0.144. The Kier molecular flexibility index (Phi) is 5.47. The molecule has 1 fully saturated rings. The van der Waals surface area contributed by atoms with Crippen molar-refractivity contribution in [1.82, 2.24) is 5.32 Å². The number of ether oxygens (including phenoxy) is 1. The molecule has 1 aromatic carbocycles. The Hall–Kier alpha value is -1.02. The summed E-state index contributed by atoms with van der Waals surface area (Å²) < 4.78 is 6.43. The van der Waals surface area contributed by atoms with Gasteiger partial charge in [-0.15, -0.1) is 0 Å². The van der Waals surface area contributed by atoms with Crippen molar-refractivity contribution in [1.29, 1.82) is 0 Å². The molecular weight excluding hydrogens is 246 g/mol. The highest BCUT2D eigenvalue weighted by Crippen LogP contribution is 2.28. The van der Waals surface area contributed by atoms with Gasteiger partial charge in [-0.1, -0.05) is 25.8 Å². The van der Waals surface area contributed by atoms with Crippen LogP contribution in [0.3, 0.4) is 0 Å². The van der Waals surface area contributed by atoms with E-state index in [1.54, 1.807) is 0 Å². The van der Waals surface area contributed by atoms with Gasteiger partial charge in [0.05, 0.1) is 0 Å². The van der Waals surface area contributed by atoms with Crippen LogP contribution in [0, 0.1) is 20.8 Å². The van der Waals surface area contributed by atoms with Crippen molar-refractivity contribution in [3.63, 3.8) is 0 Å². The standard InChI is InChI=1S/C18H29NO/c1-5-19-16-9-7-6-8-10-17(16)20-18-12-13(2)11-14(3)15(18)4/h11-12,16-17,19H,5-10H2,1-4H3. The quantitative estimate of drug-likeness (QED) is 0.827. The van der Waals surface area contributed by atoms with Crippen LogP contribution in [0.25, 0.3) is 0 Å². The Morgan fingerprint density at radius 3 is 2.60 bits per heavy atom. The maximum atomic E-state index is 6.43. The van der Waals surface area contributed by atoms with Crippen LogP contribution >= 0.6 is 0 Å². The summed E-state index contributed by atoms with van der Waals surface area (Å²) in [6, 6.07) is 4.93. The third-order valence-corrected chi connectivity index (χ3v) is 4.46. The Bertz CT molecular complexity index is 441. The fourth-order valence-electron chi connectivity index (χ4n) is 3.20. The molecule has 2 unspecified atom stereocenters. The van der Waals surface area contributed by atoms with Crippen LogP contribution in [0.15, 0.2) is 12.1 Å². The number of benzene rings is 1. The summed E-state index contributed by atoms with van der Waals surface area (Å²) >= 11 is 0. The van der Waals surface area contributed by atoms with E-state index in [0.717, 1.165) is 12.3 Å². The second-order valence-corrected chi connectivity index (χ2v) is 6.16. The zero-order valence-electron chi connectivity index (χ0n) is 13.5. The topological polar surface area (TPSA) is 21.3 Å². The number of hydrogen-bond acceptors (Lipinski definition) is 2. The van der Waals surface area contributed by atoms with Crippen molar-refractivity contribution in [2.24, 2.45) is 0 Å². The average molecular weight is 275 g/mol. The number of aryl methyl sites for hydroxylation is 2. The summed E-state index contributed by atoms with van der Waals surface area (Å²) in [5.41, 5.74) is 3.90. The lowest BCUT2D eigenvalue weighted by Gasteiger charge is -2.28. The second kappa shape index (κ2) is 7.12. The molecule has 0 saturated heterocycles. The molecule has 0 radical (unpaired) electrons. The van der Waals surface area contributed by atoms with Crippen molar-refractivity contribution in [2.45, 2.75) is 71.9 Å². The van der Waals surface area contributed by atoms with E-state index in [-0.39, 0.29) is 0 Å². The zero-order chi connectivity index (χ0) is 14.5. The summed E-state index contributed by atoms with van der Waals surface area (Å²) in [4.78, 5) is 0. The first-order valence-electron chi connectivity index (χ1n) is 8.09. The molecule has 0 bridgehead atoms. The minimum Gasteiger partial charge on any atom is -0.489 e. The summed E-state index contributed by atoms with van der Waals surface area (Å²) in [6.45, 7) is 9.70. The molecule has 1 aliphatic rings. The van der Waals surface area contributed by atoms with E-state index in [1.165, 1.54) is 48.8 Å². The first kappa shape index (κ1) is 15.4. The molecule has 2 nitrogen and oxygen atoms in total. The lowest BCUT2D eigenvalue weighted by atomic mass is 10.0. The van der Waals surface area contributed by atoms with E-state index < -0.39 is 0 Å². The van der Waals surface area contributed by atoms with Crippen LogP contribution in [-0.4, -0.2) is 18.7 Å². The van der Waals surface area contributed by atoms with Gasteiger partial charge >= 0.3 is 0 Å². The van der Waals surface area contributed by atoms with Gasteiger partial charge in [-0.2, -0.15) is 0 Å². The molecule has 0 amide bonds. The van der Waals surface area contributed by atoms with Crippen molar-refractivity contribution in [3.05, 3.63) is 28.8 Å². The minimum atomic E-state index is 0.317. The SMILES string of the molecule is CCNC1CCCCCC1Oc1cc(C)cc(C)c1C. The van der Waals surface area contributed by atoms with Gasteiger partial charge in [-0.25, -0.2) is 0 Å². The van der Waals surface area contributed by atoms with Gasteiger partial charge in [-0.05, 0) is 69.3 Å². The number of nitrogens with one attached hydrogen (secondary N) is 1. The van der Waals surface area contributed by atoms with Crippen LogP contribution in [0.5, 0.6) is 5.75 Å². The van der Waals surface area contributed by atoms with E-state index in [9.17, 15) is 0 Å². The Balaban J connectivity index is 2.17. The third-order valence-electron chi connectivity index (χ3n) is 4.46. The summed E-state index contributed by atoms with van der Waals surface area (Å²) in [5.74, 6) is 1.08. The van der Waals surface area contributed by atoms with Crippen molar-refractivity contribution < 1.29 is 4.74 Å². The van der Waals surface area contributed by atoms with Crippen LogP contribution in [0.2, 0.25) is 0 Å². The maximum Gasteiger partial charge on any atom is 0.123 e. The molecule has 1 N–H and O–H groups in total. The predicted molar refractivity (Wildman–Crippen MR) is 85.6 cm³/mol. The summed E-state index contributed by atoms with van der Waals surface area (Å²) in [6.07, 6.45) is 6.68. The van der Waals surface area contributed by atoms with Gasteiger partial charge < -0.3 is 10.1 Å². The molecule has 0 aromatic heterocycles.